The third-order valence-corrected chi connectivity index (χ3v) is 5.03. The molecule has 0 aliphatic rings. The van der Waals surface area contributed by atoms with Crippen LogP contribution >= 0.6 is 0 Å². The first-order valence-corrected chi connectivity index (χ1v) is 9.94. The van der Waals surface area contributed by atoms with Gasteiger partial charge in [0.15, 0.2) is 0 Å². The minimum absolute atomic E-state index is 0.129. The Hall–Kier alpha value is -3.62. The van der Waals surface area contributed by atoms with Crippen LogP contribution in [-0.2, 0) is 0 Å². The summed E-state index contributed by atoms with van der Waals surface area (Å²) in [5.41, 5.74) is -1.06. The molecular weight excluding hydrogens is 400 g/mol. The van der Waals surface area contributed by atoms with Gasteiger partial charge in [-0.15, -0.1) is 0 Å². The van der Waals surface area contributed by atoms with Gasteiger partial charge in [0.1, 0.15) is 17.4 Å². The Labute approximate surface area is 178 Å². The smallest absolute Gasteiger partial charge is 0.258 e. The first-order valence-electron chi connectivity index (χ1n) is 9.94. The van der Waals surface area contributed by atoms with Crippen LogP contribution in [0.15, 0.2) is 33.9 Å². The van der Waals surface area contributed by atoms with Crippen molar-refractivity contribution in [1.29, 1.82) is 0 Å². The van der Waals surface area contributed by atoms with Crippen molar-refractivity contribution in [2.45, 2.75) is 45.4 Å². The Kier molecular flexibility index (Phi) is 6.14. The molecule has 1 aromatic carbocycles. The lowest BCUT2D eigenvalue weighted by molar-refractivity contribution is 0.414. The van der Waals surface area contributed by atoms with Crippen molar-refractivity contribution >= 4 is 0 Å². The Bertz CT molecular complexity index is 1120. The Morgan fingerprint density at radius 1 is 0.806 bits per heavy atom. The van der Waals surface area contributed by atoms with E-state index in [9.17, 15) is 19.8 Å². The molecule has 0 aliphatic carbocycles. The van der Waals surface area contributed by atoms with E-state index in [2.05, 4.69) is 19.9 Å². The van der Waals surface area contributed by atoms with E-state index in [1.54, 1.807) is 24.3 Å². The number of ether oxygens (including phenoxy) is 1. The second-order valence-corrected chi connectivity index (χ2v) is 7.89. The lowest BCUT2D eigenvalue weighted by Gasteiger charge is -2.20. The van der Waals surface area contributed by atoms with Crippen LogP contribution in [0.3, 0.4) is 0 Å². The second-order valence-electron chi connectivity index (χ2n) is 7.89. The topological polar surface area (TPSA) is 141 Å². The lowest BCUT2D eigenvalue weighted by Crippen LogP contribution is -2.27. The number of hydrogen-bond donors (Lipinski definition) is 4. The van der Waals surface area contributed by atoms with Crippen molar-refractivity contribution in [2.75, 3.05) is 7.11 Å². The molecule has 0 bridgehead atoms. The summed E-state index contributed by atoms with van der Waals surface area (Å²) in [6, 6.07) is 6.61. The van der Waals surface area contributed by atoms with Gasteiger partial charge in [0.05, 0.1) is 24.2 Å². The molecule has 9 heteroatoms. The van der Waals surface area contributed by atoms with Crippen LogP contribution in [0.25, 0.3) is 0 Å². The van der Waals surface area contributed by atoms with Gasteiger partial charge in [-0.2, -0.15) is 9.97 Å². The van der Waals surface area contributed by atoms with Gasteiger partial charge in [-0.1, -0.05) is 39.8 Å². The zero-order chi connectivity index (χ0) is 22.9. The second kappa shape index (κ2) is 8.63. The normalized spacial score (nSPS) is 11.5. The maximum atomic E-state index is 13.0. The van der Waals surface area contributed by atoms with E-state index >= 15 is 0 Å². The first kappa shape index (κ1) is 22.1. The number of aromatic amines is 2. The molecule has 2 aromatic heterocycles. The van der Waals surface area contributed by atoms with Crippen LogP contribution < -0.4 is 15.9 Å². The highest BCUT2D eigenvalue weighted by Gasteiger charge is 2.31. The highest BCUT2D eigenvalue weighted by Crippen LogP contribution is 2.36. The van der Waals surface area contributed by atoms with Crippen LogP contribution in [0.1, 0.15) is 73.8 Å². The van der Waals surface area contributed by atoms with Crippen molar-refractivity contribution in [1.82, 2.24) is 19.9 Å². The van der Waals surface area contributed by atoms with Gasteiger partial charge in [-0.3, -0.25) is 9.59 Å². The van der Waals surface area contributed by atoms with Crippen LogP contribution in [0.2, 0.25) is 0 Å². The summed E-state index contributed by atoms with van der Waals surface area (Å²) in [4.78, 5) is 39.5. The quantitative estimate of drug-likeness (QED) is 0.475. The monoisotopic (exact) mass is 426 g/mol. The molecule has 31 heavy (non-hydrogen) atoms. The van der Waals surface area contributed by atoms with Gasteiger partial charge in [0.2, 0.25) is 11.8 Å². The fourth-order valence-electron chi connectivity index (χ4n) is 3.32. The van der Waals surface area contributed by atoms with Crippen molar-refractivity contribution in [2.24, 2.45) is 0 Å². The summed E-state index contributed by atoms with van der Waals surface area (Å²) in [6.07, 6.45) is 0. The van der Waals surface area contributed by atoms with E-state index in [1.807, 2.05) is 27.7 Å². The zero-order valence-corrected chi connectivity index (χ0v) is 18.1. The van der Waals surface area contributed by atoms with E-state index in [0.29, 0.717) is 23.0 Å². The molecule has 3 aromatic rings. The fourth-order valence-corrected chi connectivity index (χ4v) is 3.32. The van der Waals surface area contributed by atoms with E-state index in [0.717, 1.165) is 0 Å². The van der Waals surface area contributed by atoms with Gasteiger partial charge in [0.25, 0.3) is 11.1 Å². The molecule has 0 atom stereocenters. The Balaban J connectivity index is 2.33. The van der Waals surface area contributed by atoms with Gasteiger partial charge in [0, 0.05) is 11.8 Å². The molecule has 9 nitrogen and oxygen atoms in total. The predicted molar refractivity (Wildman–Crippen MR) is 115 cm³/mol. The van der Waals surface area contributed by atoms with Crippen molar-refractivity contribution in [3.63, 3.8) is 0 Å². The van der Waals surface area contributed by atoms with Crippen molar-refractivity contribution in [3.05, 3.63) is 73.3 Å². The largest absolute Gasteiger partial charge is 0.497 e. The molecule has 0 aliphatic heterocycles. The number of hydrogen-bond acceptors (Lipinski definition) is 7. The van der Waals surface area contributed by atoms with Gasteiger partial charge in [-0.25, -0.2) is 0 Å². The maximum absolute atomic E-state index is 13.0. The number of methoxy groups -OCH3 is 1. The van der Waals surface area contributed by atoms with Gasteiger partial charge in [-0.05, 0) is 17.7 Å². The van der Waals surface area contributed by atoms with Crippen LogP contribution in [0, 0.1) is 0 Å². The number of nitrogens with one attached hydrogen (secondary N) is 2. The summed E-state index contributed by atoms with van der Waals surface area (Å²) in [5, 5.41) is 21.3. The summed E-state index contributed by atoms with van der Waals surface area (Å²) >= 11 is 0. The summed E-state index contributed by atoms with van der Waals surface area (Å²) < 4.78 is 5.18. The molecule has 4 N–H and O–H groups in total. The van der Waals surface area contributed by atoms with E-state index in [-0.39, 0.29) is 23.0 Å². The number of benzene rings is 1. The number of aromatic nitrogens is 4. The highest BCUT2D eigenvalue weighted by atomic mass is 16.5. The SMILES string of the molecule is COc1ccc(C(c2c(O)nc(C(C)C)[nH]c2=O)c2c(O)nc(C(C)C)[nH]c2=O)cc1. The molecule has 0 saturated heterocycles. The predicted octanol–water partition coefficient (Wildman–Crippen LogP) is 2.70. The Morgan fingerprint density at radius 3 is 1.55 bits per heavy atom. The standard InChI is InChI=1S/C22H26N4O5/c1-10(2)17-23-19(27)15(20(28)24-17)14(12-6-8-13(31-5)9-7-12)16-21(29)25-18(11(3)4)26-22(16)30/h6-11,14H,1-5H3,(H2,23,24,27,28)(H2,25,26,29,30). The average Bonchev–Trinajstić information content (AvgIpc) is 2.71. The van der Waals surface area contributed by atoms with Crippen LogP contribution in [-0.4, -0.2) is 37.3 Å². The molecule has 164 valence electrons. The van der Waals surface area contributed by atoms with Crippen molar-refractivity contribution < 1.29 is 14.9 Å². The molecule has 0 saturated carbocycles. The van der Waals surface area contributed by atoms with E-state index in [1.165, 1.54) is 7.11 Å². The molecule has 0 fully saturated rings. The fraction of sp³-hybridized carbons (Fsp3) is 0.364. The number of aromatic hydroxyl groups is 2. The minimum atomic E-state index is -1.11. The van der Waals surface area contributed by atoms with Crippen molar-refractivity contribution in [3.8, 4) is 17.5 Å². The molecule has 0 unspecified atom stereocenters. The number of nitrogens with zero attached hydrogens (tertiary/aromatic N) is 2. The summed E-state index contributed by atoms with van der Waals surface area (Å²) in [6.45, 7) is 7.29. The summed E-state index contributed by atoms with van der Waals surface area (Å²) in [5.74, 6) is -1.20. The molecule has 0 radical (unpaired) electrons. The van der Waals surface area contributed by atoms with E-state index < -0.39 is 28.8 Å². The zero-order valence-electron chi connectivity index (χ0n) is 18.1. The lowest BCUT2D eigenvalue weighted by atomic mass is 9.86. The molecule has 2 heterocycles. The number of rotatable bonds is 6. The van der Waals surface area contributed by atoms with Gasteiger partial charge < -0.3 is 24.9 Å². The third-order valence-electron chi connectivity index (χ3n) is 5.03. The highest BCUT2D eigenvalue weighted by molar-refractivity contribution is 5.49. The van der Waals surface area contributed by atoms with Gasteiger partial charge >= 0.3 is 0 Å². The molecule has 0 spiro atoms. The molecule has 0 amide bonds. The minimum Gasteiger partial charge on any atom is -0.497 e. The average molecular weight is 426 g/mol. The van der Waals surface area contributed by atoms with Crippen LogP contribution in [0.4, 0.5) is 0 Å². The maximum Gasteiger partial charge on any atom is 0.258 e. The number of H-pyrrole nitrogens is 2. The molecule has 3 rings (SSSR count). The summed E-state index contributed by atoms with van der Waals surface area (Å²) in [7, 11) is 1.52. The molecular formula is C22H26N4O5. The van der Waals surface area contributed by atoms with E-state index in [4.69, 9.17) is 4.74 Å². The Morgan fingerprint density at radius 2 is 1.23 bits per heavy atom. The van der Waals surface area contributed by atoms with Crippen LogP contribution in [0.5, 0.6) is 17.5 Å². The third kappa shape index (κ3) is 4.30. The first-order chi connectivity index (χ1) is 14.6.